The van der Waals surface area contributed by atoms with Crippen LogP contribution in [-0.4, -0.2) is 71.3 Å². The Kier molecular flexibility index (Phi) is 13.8. The van der Waals surface area contributed by atoms with E-state index in [4.69, 9.17) is 9.47 Å². The number of ether oxygens (including phenoxy) is 2. The van der Waals surface area contributed by atoms with E-state index in [0.29, 0.717) is 25.7 Å². The molecule has 0 bridgehead atoms. The van der Waals surface area contributed by atoms with Crippen molar-refractivity contribution in [2.24, 2.45) is 11.8 Å². The van der Waals surface area contributed by atoms with Gasteiger partial charge in [-0.15, -0.1) is 11.8 Å². The molecule has 1 saturated carbocycles. The number of rotatable bonds is 13. The Morgan fingerprint density at radius 1 is 0.900 bits per heavy atom. The van der Waals surface area contributed by atoms with E-state index < -0.39 is 35.8 Å². The Balaban J connectivity index is 1.58. The van der Waals surface area contributed by atoms with Gasteiger partial charge in [0.2, 0.25) is 11.8 Å². The van der Waals surface area contributed by atoms with Gasteiger partial charge < -0.3 is 30.5 Å². The highest BCUT2D eigenvalue weighted by Gasteiger charge is 2.39. The van der Waals surface area contributed by atoms with Crippen molar-refractivity contribution in [1.82, 2.24) is 16.0 Å². The standard InChI is InChI=1S/C40H55N3O6S/c1-39(2,3)43-36(45)31-21-20-29(48-7)23-28(31)24-34(44)32(22-26-14-9-8-10-15-26)41-37(46)33(42-38(47)49-40(4,5)6)25-50-35-19-13-17-27-16-11-12-18-30(27)35/h8-19,28-29,31-34,44H,20-25H2,1-7H3,(H,41,46)(H,42,47)(H,43,45). The smallest absolute Gasteiger partial charge is 0.408 e. The van der Waals surface area contributed by atoms with Crippen molar-refractivity contribution in [2.75, 3.05) is 12.9 Å². The fraction of sp³-hybridized carbons (Fsp3) is 0.525. The second-order valence-electron chi connectivity index (χ2n) is 15.4. The van der Waals surface area contributed by atoms with Gasteiger partial charge in [0.25, 0.3) is 0 Å². The van der Waals surface area contributed by atoms with E-state index >= 15 is 0 Å². The first-order chi connectivity index (χ1) is 23.6. The Hall–Kier alpha value is -3.60. The lowest BCUT2D eigenvalue weighted by molar-refractivity contribution is -0.132. The minimum Gasteiger partial charge on any atom is -0.444 e. The van der Waals surface area contributed by atoms with Gasteiger partial charge in [-0.25, -0.2) is 4.79 Å². The van der Waals surface area contributed by atoms with Gasteiger partial charge in [-0.2, -0.15) is 0 Å². The molecule has 10 heteroatoms. The highest BCUT2D eigenvalue weighted by molar-refractivity contribution is 7.99. The third-order valence-corrected chi connectivity index (χ3v) is 10.1. The van der Waals surface area contributed by atoms with E-state index in [-0.39, 0.29) is 35.1 Å². The zero-order valence-corrected chi connectivity index (χ0v) is 31.3. The van der Waals surface area contributed by atoms with Crippen molar-refractivity contribution < 1.29 is 29.0 Å². The maximum Gasteiger partial charge on any atom is 0.408 e. The molecule has 50 heavy (non-hydrogen) atoms. The molecule has 1 aliphatic carbocycles. The summed E-state index contributed by atoms with van der Waals surface area (Å²) < 4.78 is 11.2. The molecule has 3 aromatic rings. The molecule has 0 aliphatic heterocycles. The normalized spacial score (nSPS) is 20.0. The maximum absolute atomic E-state index is 14.2. The first kappa shape index (κ1) is 39.2. The molecule has 3 amide bonds. The molecule has 9 nitrogen and oxygen atoms in total. The van der Waals surface area contributed by atoms with E-state index in [1.54, 1.807) is 27.9 Å². The molecule has 0 aromatic heterocycles. The average molecular weight is 706 g/mol. The van der Waals surface area contributed by atoms with Crippen LogP contribution in [0.4, 0.5) is 4.79 Å². The number of amides is 3. The molecule has 3 aromatic carbocycles. The molecule has 4 rings (SSSR count). The van der Waals surface area contributed by atoms with E-state index in [1.807, 2.05) is 93.6 Å². The van der Waals surface area contributed by atoms with Crippen LogP contribution in [0, 0.1) is 11.8 Å². The molecule has 0 radical (unpaired) electrons. The molecule has 272 valence electrons. The van der Waals surface area contributed by atoms with Gasteiger partial charge in [0.05, 0.1) is 18.2 Å². The summed E-state index contributed by atoms with van der Waals surface area (Å²) in [5.74, 6) is -0.662. The van der Waals surface area contributed by atoms with Crippen LogP contribution in [0.25, 0.3) is 10.8 Å². The predicted molar refractivity (Wildman–Crippen MR) is 200 cm³/mol. The SMILES string of the molecule is COC1CCC(C(=O)NC(C)(C)C)C(CC(O)C(Cc2ccccc2)NC(=O)C(CSc2cccc3ccccc23)NC(=O)OC(C)(C)C)C1. The number of aliphatic hydroxyl groups excluding tert-OH is 1. The summed E-state index contributed by atoms with van der Waals surface area (Å²) in [7, 11) is 1.68. The van der Waals surface area contributed by atoms with Crippen LogP contribution in [0.1, 0.15) is 72.8 Å². The summed E-state index contributed by atoms with van der Waals surface area (Å²) in [5.41, 5.74) is -0.197. The molecular formula is C40H55N3O6S. The number of fused-ring (bicyclic) bond motifs is 1. The second-order valence-corrected chi connectivity index (χ2v) is 16.4. The van der Waals surface area contributed by atoms with Gasteiger partial charge in [0.1, 0.15) is 11.6 Å². The summed E-state index contributed by atoms with van der Waals surface area (Å²) >= 11 is 1.47. The Morgan fingerprint density at radius 2 is 1.58 bits per heavy atom. The van der Waals surface area contributed by atoms with Crippen molar-refractivity contribution in [3.05, 3.63) is 78.4 Å². The van der Waals surface area contributed by atoms with Crippen molar-refractivity contribution in [3.63, 3.8) is 0 Å². The number of nitrogens with one attached hydrogen (secondary N) is 3. The molecule has 1 aliphatic rings. The number of alkyl carbamates (subject to hydrolysis) is 1. The van der Waals surface area contributed by atoms with Crippen molar-refractivity contribution >= 4 is 40.4 Å². The van der Waals surface area contributed by atoms with Crippen molar-refractivity contribution in [2.45, 2.75) is 114 Å². The highest BCUT2D eigenvalue weighted by Crippen LogP contribution is 2.36. The average Bonchev–Trinajstić information content (AvgIpc) is 3.05. The van der Waals surface area contributed by atoms with E-state index in [1.165, 1.54) is 11.8 Å². The molecule has 0 heterocycles. The summed E-state index contributed by atoms with van der Waals surface area (Å²) in [6, 6.07) is 22.1. The third kappa shape index (κ3) is 12.0. The Labute approximate surface area is 301 Å². The lowest BCUT2D eigenvalue weighted by atomic mass is 9.73. The van der Waals surface area contributed by atoms with Gasteiger partial charge >= 0.3 is 6.09 Å². The fourth-order valence-corrected chi connectivity index (χ4v) is 7.64. The number of thioether (sulfide) groups is 1. The van der Waals surface area contributed by atoms with Crippen LogP contribution in [-0.2, 0) is 25.5 Å². The minimum atomic E-state index is -0.974. The van der Waals surface area contributed by atoms with Crippen molar-refractivity contribution in [3.8, 4) is 0 Å². The third-order valence-electron chi connectivity index (χ3n) is 8.90. The van der Waals surface area contributed by atoms with E-state index in [9.17, 15) is 19.5 Å². The van der Waals surface area contributed by atoms with Crippen LogP contribution < -0.4 is 16.0 Å². The van der Waals surface area contributed by atoms with Crippen LogP contribution >= 0.6 is 11.8 Å². The lowest BCUT2D eigenvalue weighted by Crippen LogP contribution is -2.55. The first-order valence-electron chi connectivity index (χ1n) is 17.6. The summed E-state index contributed by atoms with van der Waals surface area (Å²) in [6.07, 6.45) is 1.03. The fourth-order valence-electron chi connectivity index (χ4n) is 6.54. The molecule has 0 spiro atoms. The number of carbonyl (C=O) groups is 3. The van der Waals surface area contributed by atoms with Crippen LogP contribution in [0.15, 0.2) is 77.7 Å². The van der Waals surface area contributed by atoms with Crippen LogP contribution in [0.5, 0.6) is 0 Å². The Morgan fingerprint density at radius 3 is 2.26 bits per heavy atom. The minimum absolute atomic E-state index is 0.0125. The van der Waals surface area contributed by atoms with Gasteiger partial charge in [0, 0.05) is 29.2 Å². The van der Waals surface area contributed by atoms with Gasteiger partial charge in [-0.1, -0.05) is 66.7 Å². The molecule has 1 fully saturated rings. The number of methoxy groups -OCH3 is 1. The lowest BCUT2D eigenvalue weighted by Gasteiger charge is -2.38. The number of hydrogen-bond donors (Lipinski definition) is 4. The van der Waals surface area contributed by atoms with Gasteiger partial charge in [-0.3, -0.25) is 9.59 Å². The van der Waals surface area contributed by atoms with Crippen LogP contribution in [0.2, 0.25) is 0 Å². The summed E-state index contributed by atoms with van der Waals surface area (Å²) in [4.78, 5) is 41.6. The quantitative estimate of drug-likeness (QED) is 0.147. The molecule has 0 saturated heterocycles. The maximum atomic E-state index is 14.2. The van der Waals surface area contributed by atoms with Crippen molar-refractivity contribution in [1.29, 1.82) is 0 Å². The molecule has 6 unspecified atom stereocenters. The van der Waals surface area contributed by atoms with E-state index in [2.05, 4.69) is 16.0 Å². The number of carbonyl (C=O) groups excluding carboxylic acids is 3. The molecular weight excluding hydrogens is 651 g/mol. The monoisotopic (exact) mass is 705 g/mol. The summed E-state index contributed by atoms with van der Waals surface area (Å²) in [6.45, 7) is 11.2. The summed E-state index contributed by atoms with van der Waals surface area (Å²) in [5, 5.41) is 23.1. The van der Waals surface area contributed by atoms with Gasteiger partial charge in [-0.05, 0) is 102 Å². The first-order valence-corrected chi connectivity index (χ1v) is 18.6. The zero-order chi connectivity index (χ0) is 36.5. The molecule has 4 N–H and O–H groups in total. The zero-order valence-electron chi connectivity index (χ0n) is 30.5. The second kappa shape index (κ2) is 17.6. The number of aliphatic hydroxyl groups is 1. The van der Waals surface area contributed by atoms with Crippen LogP contribution in [0.3, 0.4) is 0 Å². The topological polar surface area (TPSA) is 126 Å². The number of hydrogen-bond acceptors (Lipinski definition) is 7. The Bertz CT molecular complexity index is 1570. The van der Waals surface area contributed by atoms with E-state index in [0.717, 1.165) is 27.7 Å². The largest absolute Gasteiger partial charge is 0.444 e. The molecule has 6 atom stereocenters. The highest BCUT2D eigenvalue weighted by atomic mass is 32.2. The number of benzene rings is 3. The van der Waals surface area contributed by atoms with Gasteiger partial charge in [0.15, 0.2) is 0 Å². The predicted octanol–water partition coefficient (Wildman–Crippen LogP) is 6.65.